The van der Waals surface area contributed by atoms with Crippen LogP contribution in [-0.4, -0.2) is 30.8 Å². The molecule has 0 bridgehead atoms. The van der Waals surface area contributed by atoms with Gasteiger partial charge in [-0.15, -0.1) is 21.5 Å². The quantitative estimate of drug-likeness (QED) is 0.349. The Morgan fingerprint density at radius 3 is 2.79 bits per heavy atom. The van der Waals surface area contributed by atoms with Crippen molar-refractivity contribution < 1.29 is 9.72 Å². The average Bonchev–Trinajstić information content (AvgIpc) is 3.20. The molecule has 0 unspecified atom stereocenters. The predicted molar refractivity (Wildman–Crippen MR) is 109 cm³/mol. The molecule has 0 saturated heterocycles. The summed E-state index contributed by atoms with van der Waals surface area (Å²) in [5.74, 6) is 0.508. The molecule has 10 heteroatoms. The van der Waals surface area contributed by atoms with Crippen molar-refractivity contribution in [3.63, 3.8) is 0 Å². The Morgan fingerprint density at radius 2 is 2.11 bits per heavy atom. The summed E-state index contributed by atoms with van der Waals surface area (Å²) >= 11 is 2.91. The van der Waals surface area contributed by atoms with Crippen molar-refractivity contribution in [2.45, 2.75) is 36.2 Å². The number of carbonyl (C=O) groups excluding carboxylic acids is 1. The second-order valence-electron chi connectivity index (χ2n) is 6.41. The monoisotopic (exact) mass is 415 g/mol. The molecule has 144 valence electrons. The fourth-order valence-electron chi connectivity index (χ4n) is 2.78. The average molecular weight is 416 g/mol. The summed E-state index contributed by atoms with van der Waals surface area (Å²) in [6.45, 7) is 1.76. The fourth-order valence-corrected chi connectivity index (χ4v) is 4.40. The molecule has 1 aliphatic rings. The smallest absolute Gasteiger partial charge is 0.292 e. The number of nitro groups is 1. The van der Waals surface area contributed by atoms with E-state index in [0.29, 0.717) is 11.2 Å². The maximum absolute atomic E-state index is 12.6. The summed E-state index contributed by atoms with van der Waals surface area (Å²) in [6.07, 6.45) is 2.14. The van der Waals surface area contributed by atoms with Crippen molar-refractivity contribution in [3.05, 3.63) is 51.9 Å². The van der Waals surface area contributed by atoms with E-state index in [-0.39, 0.29) is 17.3 Å². The first kappa shape index (κ1) is 18.6. The molecule has 4 rings (SSSR count). The number of rotatable bonds is 7. The Hall–Kier alpha value is -2.72. The van der Waals surface area contributed by atoms with E-state index in [4.69, 9.17) is 0 Å². The van der Waals surface area contributed by atoms with Crippen LogP contribution in [0, 0.1) is 10.1 Å². The molecule has 0 spiro atoms. The molecule has 1 saturated carbocycles. The van der Waals surface area contributed by atoms with Gasteiger partial charge in [-0.25, -0.2) is 0 Å². The number of para-hydroxylation sites is 2. The van der Waals surface area contributed by atoms with Crippen molar-refractivity contribution >= 4 is 40.4 Å². The highest BCUT2D eigenvalue weighted by Gasteiger charge is 2.32. The van der Waals surface area contributed by atoms with E-state index in [1.54, 1.807) is 30.4 Å². The molecule has 0 aliphatic heterocycles. The first-order chi connectivity index (χ1) is 13.5. The molecule has 1 N–H and O–H groups in total. The number of hydrogen-bond acceptors (Lipinski definition) is 7. The Kier molecular flexibility index (Phi) is 5.14. The molecule has 8 nitrogen and oxygen atoms in total. The van der Waals surface area contributed by atoms with E-state index in [2.05, 4.69) is 20.1 Å². The van der Waals surface area contributed by atoms with Crippen molar-refractivity contribution in [1.82, 2.24) is 14.8 Å². The third-order valence-corrected chi connectivity index (χ3v) is 6.25. The van der Waals surface area contributed by atoms with Gasteiger partial charge in [-0.2, -0.15) is 0 Å². The first-order valence-electron chi connectivity index (χ1n) is 8.74. The van der Waals surface area contributed by atoms with Gasteiger partial charge in [0.25, 0.3) is 5.69 Å². The van der Waals surface area contributed by atoms with Crippen molar-refractivity contribution in [3.8, 4) is 10.7 Å². The van der Waals surface area contributed by atoms with Gasteiger partial charge in [0.1, 0.15) is 5.69 Å². The first-order valence-corrected chi connectivity index (χ1v) is 10.5. The van der Waals surface area contributed by atoms with Crippen molar-refractivity contribution in [2.75, 3.05) is 5.32 Å². The summed E-state index contributed by atoms with van der Waals surface area (Å²) in [5, 5.41) is 24.6. The Balaban J connectivity index is 1.52. The molecule has 1 atom stereocenters. The second-order valence-corrected chi connectivity index (χ2v) is 8.66. The van der Waals surface area contributed by atoms with E-state index >= 15 is 0 Å². The lowest BCUT2D eigenvalue weighted by Crippen LogP contribution is -2.23. The maximum atomic E-state index is 12.6. The van der Waals surface area contributed by atoms with Crippen LogP contribution in [0.15, 0.2) is 46.9 Å². The van der Waals surface area contributed by atoms with Crippen LogP contribution in [0.25, 0.3) is 10.7 Å². The lowest BCUT2D eigenvalue weighted by molar-refractivity contribution is -0.383. The summed E-state index contributed by atoms with van der Waals surface area (Å²) in [7, 11) is 0. The van der Waals surface area contributed by atoms with Crippen LogP contribution in [0.1, 0.15) is 25.8 Å². The van der Waals surface area contributed by atoms with Crippen molar-refractivity contribution in [1.29, 1.82) is 0 Å². The van der Waals surface area contributed by atoms with E-state index in [0.717, 1.165) is 23.5 Å². The topological polar surface area (TPSA) is 103 Å². The number of nitro benzene ring substituents is 1. The minimum atomic E-state index is -0.509. The molecule has 2 aromatic heterocycles. The minimum absolute atomic E-state index is 0.130. The summed E-state index contributed by atoms with van der Waals surface area (Å²) < 4.78 is 2.10. The SMILES string of the molecule is C[C@H](Sc1nnc(-c2cccs2)n1C1CC1)C(=O)Nc1ccccc1[N+](=O)[O-]. The molecule has 1 amide bonds. The van der Waals surface area contributed by atoms with Crippen LogP contribution >= 0.6 is 23.1 Å². The normalized spacial score (nSPS) is 14.6. The van der Waals surface area contributed by atoms with Gasteiger partial charge >= 0.3 is 0 Å². The van der Waals surface area contributed by atoms with Crippen LogP contribution in [0.2, 0.25) is 0 Å². The van der Waals surface area contributed by atoms with Gasteiger partial charge < -0.3 is 5.32 Å². The molecule has 1 aromatic carbocycles. The number of thioether (sulfide) groups is 1. The molecular formula is C18H17N5O3S2. The summed E-state index contributed by atoms with van der Waals surface area (Å²) in [4.78, 5) is 24.3. The number of hydrogen-bond donors (Lipinski definition) is 1. The zero-order chi connectivity index (χ0) is 19.7. The molecule has 0 radical (unpaired) electrons. The van der Waals surface area contributed by atoms with Crippen LogP contribution < -0.4 is 5.32 Å². The largest absolute Gasteiger partial charge is 0.319 e. The number of thiophene rings is 1. The predicted octanol–water partition coefficient (Wildman–Crippen LogP) is 4.37. The molecule has 3 aromatic rings. The molecule has 1 fully saturated rings. The van der Waals surface area contributed by atoms with Crippen LogP contribution in [-0.2, 0) is 4.79 Å². The number of amides is 1. The highest BCUT2D eigenvalue weighted by molar-refractivity contribution is 8.00. The van der Waals surface area contributed by atoms with Gasteiger partial charge in [0.2, 0.25) is 5.91 Å². The third kappa shape index (κ3) is 3.78. The van der Waals surface area contributed by atoms with Gasteiger partial charge in [-0.3, -0.25) is 19.5 Å². The number of carbonyl (C=O) groups is 1. The van der Waals surface area contributed by atoms with Crippen molar-refractivity contribution in [2.24, 2.45) is 0 Å². The number of anilines is 1. The maximum Gasteiger partial charge on any atom is 0.292 e. The van der Waals surface area contributed by atoms with E-state index in [9.17, 15) is 14.9 Å². The van der Waals surface area contributed by atoms with E-state index in [1.165, 1.54) is 23.9 Å². The molecule has 2 heterocycles. The Morgan fingerprint density at radius 1 is 1.32 bits per heavy atom. The van der Waals surface area contributed by atoms with Gasteiger partial charge in [0.05, 0.1) is 15.1 Å². The second kappa shape index (κ2) is 7.72. The van der Waals surface area contributed by atoms with Gasteiger partial charge in [-0.1, -0.05) is 30.0 Å². The zero-order valence-corrected chi connectivity index (χ0v) is 16.6. The van der Waals surface area contributed by atoms with Crippen LogP contribution in [0.5, 0.6) is 0 Å². The number of nitrogens with zero attached hydrogens (tertiary/aromatic N) is 4. The molecular weight excluding hydrogens is 398 g/mol. The Bertz CT molecular complexity index is 1010. The number of aromatic nitrogens is 3. The highest BCUT2D eigenvalue weighted by atomic mass is 32.2. The summed E-state index contributed by atoms with van der Waals surface area (Å²) in [6, 6.07) is 10.4. The van der Waals surface area contributed by atoms with E-state index in [1.807, 2.05) is 17.5 Å². The third-order valence-electron chi connectivity index (χ3n) is 4.33. The van der Waals surface area contributed by atoms with Crippen LogP contribution in [0.4, 0.5) is 11.4 Å². The Labute approximate surface area is 169 Å². The van der Waals surface area contributed by atoms with Gasteiger partial charge in [-0.05, 0) is 37.3 Å². The van der Waals surface area contributed by atoms with Gasteiger partial charge in [0.15, 0.2) is 11.0 Å². The molecule has 28 heavy (non-hydrogen) atoms. The number of benzene rings is 1. The van der Waals surface area contributed by atoms with Gasteiger partial charge in [0, 0.05) is 12.1 Å². The minimum Gasteiger partial charge on any atom is -0.319 e. The number of nitrogens with one attached hydrogen (secondary N) is 1. The summed E-state index contributed by atoms with van der Waals surface area (Å²) in [5.41, 5.74) is 0.0575. The fraction of sp³-hybridized carbons (Fsp3) is 0.278. The lowest BCUT2D eigenvalue weighted by Gasteiger charge is -2.13. The molecule has 1 aliphatic carbocycles. The standard InChI is InChI=1S/C18H17N5O3S2/c1-11(17(24)19-13-5-2-3-6-14(13)23(25)26)28-18-21-20-16(15-7-4-10-27-15)22(18)12-8-9-12/h2-7,10-12H,8-9H2,1H3,(H,19,24)/t11-/m0/s1. The van der Waals surface area contributed by atoms with Crippen LogP contribution in [0.3, 0.4) is 0 Å². The highest BCUT2D eigenvalue weighted by Crippen LogP contribution is 2.42. The lowest BCUT2D eigenvalue weighted by atomic mass is 10.2. The van der Waals surface area contributed by atoms with E-state index < -0.39 is 10.2 Å². The zero-order valence-electron chi connectivity index (χ0n) is 14.9.